The molecule has 1 fully saturated rings. The van der Waals surface area contributed by atoms with Gasteiger partial charge in [-0.3, -0.25) is 4.79 Å². The van der Waals surface area contributed by atoms with E-state index in [0.29, 0.717) is 43.6 Å². The normalized spacial score (nSPS) is 15.6. The van der Waals surface area contributed by atoms with Gasteiger partial charge in [-0.25, -0.2) is 8.42 Å². The second-order valence-electron chi connectivity index (χ2n) is 7.50. The van der Waals surface area contributed by atoms with Crippen molar-refractivity contribution in [3.8, 4) is 5.75 Å². The third-order valence-corrected chi connectivity index (χ3v) is 7.00. The van der Waals surface area contributed by atoms with Gasteiger partial charge >= 0.3 is 0 Å². The number of anilines is 1. The minimum atomic E-state index is -3.83. The molecule has 0 bridgehead atoms. The highest BCUT2D eigenvalue weighted by Gasteiger charge is 2.28. The molecule has 1 heterocycles. The molecule has 0 aromatic heterocycles. The molecule has 0 unspecified atom stereocenters. The van der Waals surface area contributed by atoms with E-state index in [9.17, 15) is 13.2 Å². The van der Waals surface area contributed by atoms with E-state index in [2.05, 4.69) is 9.62 Å². The van der Waals surface area contributed by atoms with Gasteiger partial charge in [0.25, 0.3) is 0 Å². The number of hydrogen-bond donors (Lipinski definition) is 1. The summed E-state index contributed by atoms with van der Waals surface area (Å²) >= 11 is 6.07. The van der Waals surface area contributed by atoms with Gasteiger partial charge < -0.3 is 14.5 Å². The Labute approximate surface area is 189 Å². The molecule has 9 heteroatoms. The lowest BCUT2D eigenvalue weighted by molar-refractivity contribution is -0.132. The maximum Gasteiger partial charge on any atom is 0.241 e. The molecule has 1 saturated heterocycles. The fourth-order valence-electron chi connectivity index (χ4n) is 3.59. The van der Waals surface area contributed by atoms with Crippen LogP contribution in [0, 0.1) is 6.92 Å². The number of nitrogens with one attached hydrogen (secondary N) is 1. The number of hydrogen-bond acceptors (Lipinski definition) is 5. The zero-order chi connectivity index (χ0) is 22.6. The zero-order valence-corrected chi connectivity index (χ0v) is 19.5. The van der Waals surface area contributed by atoms with Crippen molar-refractivity contribution in [1.29, 1.82) is 0 Å². The third-order valence-electron chi connectivity index (χ3n) is 5.22. The highest BCUT2D eigenvalue weighted by atomic mass is 35.5. The Morgan fingerprint density at radius 2 is 1.87 bits per heavy atom. The lowest BCUT2D eigenvalue weighted by Crippen LogP contribution is -2.54. The van der Waals surface area contributed by atoms with Gasteiger partial charge in [0.05, 0.1) is 17.5 Å². The molecule has 0 aliphatic carbocycles. The van der Waals surface area contributed by atoms with E-state index in [4.69, 9.17) is 16.3 Å². The predicted octanol–water partition coefficient (Wildman–Crippen LogP) is 3.06. The number of aryl methyl sites for hydroxylation is 1. The third kappa shape index (κ3) is 5.70. The van der Waals surface area contributed by atoms with Crippen LogP contribution >= 0.6 is 11.6 Å². The highest BCUT2D eigenvalue weighted by Crippen LogP contribution is 2.23. The van der Waals surface area contributed by atoms with E-state index < -0.39 is 16.1 Å². The van der Waals surface area contributed by atoms with Gasteiger partial charge in [0.2, 0.25) is 15.9 Å². The molecule has 2 aromatic rings. The monoisotopic (exact) mass is 465 g/mol. The molecule has 1 aliphatic heterocycles. The van der Waals surface area contributed by atoms with Crippen molar-refractivity contribution in [3.63, 3.8) is 0 Å². The number of benzene rings is 2. The summed E-state index contributed by atoms with van der Waals surface area (Å²) in [5.74, 6) is 0.403. The number of halogens is 1. The van der Waals surface area contributed by atoms with Crippen molar-refractivity contribution >= 4 is 33.2 Å². The van der Waals surface area contributed by atoms with Gasteiger partial charge in [-0.2, -0.15) is 4.72 Å². The van der Waals surface area contributed by atoms with Crippen LogP contribution in [-0.2, 0) is 14.8 Å². The molecule has 0 radical (unpaired) electrons. The fraction of sp³-hybridized carbons (Fsp3) is 0.409. The largest absolute Gasteiger partial charge is 0.494 e. The van der Waals surface area contributed by atoms with Crippen molar-refractivity contribution in [1.82, 2.24) is 9.62 Å². The number of ether oxygens (including phenoxy) is 1. The molecular weight excluding hydrogens is 438 g/mol. The van der Waals surface area contributed by atoms with Crippen molar-refractivity contribution in [2.24, 2.45) is 0 Å². The lowest BCUT2D eigenvalue weighted by Gasteiger charge is -2.37. The number of sulfonamides is 1. The maximum absolute atomic E-state index is 12.8. The topological polar surface area (TPSA) is 78.9 Å². The number of nitrogens with zero attached hydrogens (tertiary/aromatic N) is 2. The minimum Gasteiger partial charge on any atom is -0.494 e. The molecule has 31 heavy (non-hydrogen) atoms. The number of carbonyl (C=O) groups excluding carboxylic acids is 1. The molecule has 1 amide bonds. The first-order valence-electron chi connectivity index (χ1n) is 10.3. The van der Waals surface area contributed by atoms with Gasteiger partial charge in [-0.05, 0) is 62.7 Å². The number of amides is 1. The van der Waals surface area contributed by atoms with Gasteiger partial charge in [0, 0.05) is 36.9 Å². The molecule has 1 aliphatic rings. The fourth-order valence-corrected chi connectivity index (χ4v) is 5.06. The van der Waals surface area contributed by atoms with Crippen LogP contribution in [0.2, 0.25) is 5.02 Å². The van der Waals surface area contributed by atoms with E-state index in [1.807, 2.05) is 31.2 Å². The Kier molecular flexibility index (Phi) is 7.46. The van der Waals surface area contributed by atoms with E-state index in [1.165, 1.54) is 6.07 Å². The molecule has 1 N–H and O–H groups in total. The smallest absolute Gasteiger partial charge is 0.241 e. The molecule has 3 rings (SSSR count). The summed E-state index contributed by atoms with van der Waals surface area (Å²) in [6.07, 6.45) is 0. The summed E-state index contributed by atoms with van der Waals surface area (Å²) < 4.78 is 33.5. The lowest BCUT2D eigenvalue weighted by atomic mass is 10.2. The van der Waals surface area contributed by atoms with Gasteiger partial charge in [0.1, 0.15) is 5.75 Å². The first kappa shape index (κ1) is 23.4. The summed E-state index contributed by atoms with van der Waals surface area (Å²) in [6.45, 7) is 8.07. The average Bonchev–Trinajstić information content (AvgIpc) is 2.74. The number of piperazine rings is 1. The standard InChI is InChI=1S/C22H28ClN3O4S/c1-4-30-21-9-8-20(14-16(21)2)31(28,29)24-17(3)22(27)26-12-10-25(11-13-26)19-7-5-6-18(23)15-19/h5-9,14-15,17,24H,4,10-13H2,1-3H3/t17-/m0/s1. The summed E-state index contributed by atoms with van der Waals surface area (Å²) in [6, 6.07) is 11.4. The first-order chi connectivity index (χ1) is 14.7. The van der Waals surface area contributed by atoms with Crippen molar-refractivity contribution < 1.29 is 17.9 Å². The molecule has 2 aromatic carbocycles. The summed E-state index contributed by atoms with van der Waals surface area (Å²) in [4.78, 5) is 16.8. The van der Waals surface area contributed by atoms with Crippen LogP contribution in [0.1, 0.15) is 19.4 Å². The van der Waals surface area contributed by atoms with Crippen LogP contribution in [-0.4, -0.2) is 58.1 Å². The van der Waals surface area contributed by atoms with Gasteiger partial charge in [-0.1, -0.05) is 17.7 Å². The number of rotatable bonds is 7. The average molecular weight is 466 g/mol. The molecule has 1 atom stereocenters. The predicted molar refractivity (Wildman–Crippen MR) is 122 cm³/mol. The Morgan fingerprint density at radius 1 is 1.16 bits per heavy atom. The van der Waals surface area contributed by atoms with Crippen LogP contribution in [0.15, 0.2) is 47.4 Å². The second kappa shape index (κ2) is 9.89. The van der Waals surface area contributed by atoms with Crippen molar-refractivity contribution in [3.05, 3.63) is 53.1 Å². The molecule has 168 valence electrons. The van der Waals surface area contributed by atoms with Crippen LogP contribution in [0.3, 0.4) is 0 Å². The first-order valence-corrected chi connectivity index (χ1v) is 12.1. The van der Waals surface area contributed by atoms with E-state index in [-0.39, 0.29) is 10.8 Å². The van der Waals surface area contributed by atoms with Crippen LogP contribution in [0.25, 0.3) is 0 Å². The second-order valence-corrected chi connectivity index (χ2v) is 9.65. The molecule has 0 spiro atoms. The zero-order valence-electron chi connectivity index (χ0n) is 18.0. The summed E-state index contributed by atoms with van der Waals surface area (Å²) in [5, 5.41) is 0.670. The van der Waals surface area contributed by atoms with Crippen molar-refractivity contribution in [2.45, 2.75) is 31.7 Å². The Morgan fingerprint density at radius 3 is 2.48 bits per heavy atom. The van der Waals surface area contributed by atoms with Gasteiger partial charge in [0.15, 0.2) is 0 Å². The quantitative estimate of drug-likeness (QED) is 0.679. The Hall–Kier alpha value is -2.29. The Bertz CT molecular complexity index is 1040. The molecular formula is C22H28ClN3O4S. The Balaban J connectivity index is 1.61. The SMILES string of the molecule is CCOc1ccc(S(=O)(=O)N[C@@H](C)C(=O)N2CCN(c3cccc(Cl)c3)CC2)cc1C. The minimum absolute atomic E-state index is 0.110. The van der Waals surface area contributed by atoms with E-state index >= 15 is 0 Å². The maximum atomic E-state index is 12.8. The van der Waals surface area contributed by atoms with Crippen molar-refractivity contribution in [2.75, 3.05) is 37.7 Å². The van der Waals surface area contributed by atoms with Crippen LogP contribution < -0.4 is 14.4 Å². The van der Waals surface area contributed by atoms with E-state index in [0.717, 1.165) is 11.3 Å². The van der Waals surface area contributed by atoms with Gasteiger partial charge in [-0.15, -0.1) is 0 Å². The summed E-state index contributed by atoms with van der Waals surface area (Å²) in [5.41, 5.74) is 1.74. The van der Waals surface area contributed by atoms with Crippen LogP contribution in [0.4, 0.5) is 5.69 Å². The summed E-state index contributed by atoms with van der Waals surface area (Å²) in [7, 11) is -3.83. The molecule has 7 nitrogen and oxygen atoms in total. The highest BCUT2D eigenvalue weighted by molar-refractivity contribution is 7.89. The molecule has 0 saturated carbocycles. The number of carbonyl (C=O) groups is 1. The van der Waals surface area contributed by atoms with E-state index in [1.54, 1.807) is 30.9 Å². The van der Waals surface area contributed by atoms with Crippen LogP contribution in [0.5, 0.6) is 5.75 Å².